The summed E-state index contributed by atoms with van der Waals surface area (Å²) in [5, 5.41) is 12.9. The lowest BCUT2D eigenvalue weighted by Crippen LogP contribution is -2.61. The van der Waals surface area contributed by atoms with E-state index in [2.05, 4.69) is 14.9 Å². The Balaban J connectivity index is 1.29. The first-order valence-corrected chi connectivity index (χ1v) is 18.7. The first kappa shape index (κ1) is 34.6. The van der Waals surface area contributed by atoms with E-state index < -0.39 is 16.3 Å². The van der Waals surface area contributed by atoms with Crippen LogP contribution in [0.4, 0.5) is 5.69 Å². The van der Waals surface area contributed by atoms with Crippen molar-refractivity contribution in [2.24, 2.45) is 5.92 Å². The van der Waals surface area contributed by atoms with Gasteiger partial charge in [-0.1, -0.05) is 67.4 Å². The first-order valence-electron chi connectivity index (χ1n) is 17.3. The molecule has 2 heterocycles. The molecule has 258 valence electrons. The molecule has 0 aromatic heterocycles. The molecule has 3 fully saturated rings. The lowest BCUT2D eigenvalue weighted by molar-refractivity contribution is -0.255. The predicted octanol–water partition coefficient (Wildman–Crippen LogP) is 6.46. The molecule has 48 heavy (non-hydrogen) atoms. The molecule has 2 aliphatic heterocycles. The van der Waals surface area contributed by atoms with Crippen LogP contribution in [0.1, 0.15) is 94.8 Å². The van der Waals surface area contributed by atoms with E-state index in [4.69, 9.17) is 9.47 Å². The van der Waals surface area contributed by atoms with Gasteiger partial charge < -0.3 is 19.9 Å². The normalized spacial score (nSPS) is 26.8. The Kier molecular flexibility index (Phi) is 10.6. The average molecular weight is 676 g/mol. The van der Waals surface area contributed by atoms with Crippen LogP contribution in [0.15, 0.2) is 83.8 Å². The Bertz CT molecular complexity index is 1640. The van der Waals surface area contributed by atoms with E-state index >= 15 is 0 Å². The maximum atomic E-state index is 13.7. The lowest BCUT2D eigenvalue weighted by Gasteiger charge is -2.50. The number of ether oxygens (including phenoxy) is 2. The summed E-state index contributed by atoms with van der Waals surface area (Å²) < 4.78 is 42.3. The molecule has 9 nitrogen and oxygen atoms in total. The quantitative estimate of drug-likeness (QED) is 0.238. The second-order valence-electron chi connectivity index (χ2n) is 14.5. The fraction of sp³-hybridized carbons (Fsp3) is 0.500. The predicted molar refractivity (Wildman–Crippen MR) is 185 cm³/mol. The number of benzene rings is 3. The zero-order valence-electron chi connectivity index (χ0n) is 28.2. The molecular weight excluding hydrogens is 627 g/mol. The van der Waals surface area contributed by atoms with E-state index in [1.54, 1.807) is 48.5 Å². The van der Waals surface area contributed by atoms with Crippen molar-refractivity contribution in [2.45, 2.75) is 113 Å². The van der Waals surface area contributed by atoms with E-state index in [9.17, 15) is 18.3 Å². The number of sulfonamides is 1. The summed E-state index contributed by atoms with van der Waals surface area (Å²) in [6, 6.07) is 23.3. The summed E-state index contributed by atoms with van der Waals surface area (Å²) in [6.45, 7) is 6.62. The fourth-order valence-corrected chi connectivity index (χ4v) is 8.63. The average Bonchev–Trinajstić information content (AvgIpc) is 3.08. The van der Waals surface area contributed by atoms with Crippen molar-refractivity contribution in [3.8, 4) is 0 Å². The molecule has 1 saturated carbocycles. The number of amides is 1. The molecule has 0 spiro atoms. The Morgan fingerprint density at radius 3 is 2.38 bits per heavy atom. The van der Waals surface area contributed by atoms with Crippen molar-refractivity contribution >= 4 is 21.6 Å². The summed E-state index contributed by atoms with van der Waals surface area (Å²) >= 11 is 0. The SMILES string of the molecule is CC(C)(C)NC(=O)[C@H]1CC[C@H]2CCCC[C@H]2N1C[C@H]1C[C@@H](c2ccc(CO)cc2)O[C@@H](c2cccc(NS(=O)(=O)c3ccccc3)c2)O1. The van der Waals surface area contributed by atoms with Gasteiger partial charge in [-0.3, -0.25) is 14.4 Å². The highest BCUT2D eigenvalue weighted by Gasteiger charge is 2.44. The standard InChI is InChI=1S/C38H49N3O6S/c1-38(2,3)39-36(43)34-21-20-27-10-7-8-15-33(27)41(34)24-31-23-35(28-18-16-26(25-42)17-19-28)47-37(46-31)29-11-9-12-30(22-29)40-48(44,45)32-13-5-4-6-14-32/h4-6,9,11-14,16-19,22,27,31,33-35,37,40,42H,7-8,10,15,20-21,23-25H2,1-3H3,(H,39,43)/t27-,31-,33-,34-,35+,37+/m1/s1. The fourth-order valence-electron chi connectivity index (χ4n) is 7.56. The van der Waals surface area contributed by atoms with Gasteiger partial charge in [0.15, 0.2) is 6.29 Å². The number of anilines is 1. The van der Waals surface area contributed by atoms with Crippen LogP contribution in [0.2, 0.25) is 0 Å². The molecule has 3 aromatic rings. The number of carbonyl (C=O) groups is 1. The van der Waals surface area contributed by atoms with Crippen LogP contribution in [0, 0.1) is 5.92 Å². The van der Waals surface area contributed by atoms with Gasteiger partial charge in [-0.15, -0.1) is 0 Å². The van der Waals surface area contributed by atoms with Gasteiger partial charge in [0.05, 0.1) is 29.8 Å². The van der Waals surface area contributed by atoms with E-state index in [1.165, 1.54) is 12.8 Å². The minimum absolute atomic E-state index is 0.0403. The highest BCUT2D eigenvalue weighted by atomic mass is 32.2. The van der Waals surface area contributed by atoms with E-state index in [-0.39, 0.29) is 41.2 Å². The number of likely N-dealkylation sites (tertiary alicyclic amines) is 1. The number of hydrogen-bond donors (Lipinski definition) is 3. The van der Waals surface area contributed by atoms with Crippen molar-refractivity contribution in [2.75, 3.05) is 11.3 Å². The van der Waals surface area contributed by atoms with Crippen LogP contribution < -0.4 is 10.0 Å². The monoisotopic (exact) mass is 675 g/mol. The summed E-state index contributed by atoms with van der Waals surface area (Å²) in [5.74, 6) is 0.647. The first-order chi connectivity index (χ1) is 23.0. The molecule has 1 amide bonds. The number of nitrogens with zero attached hydrogens (tertiary/aromatic N) is 1. The molecule has 3 N–H and O–H groups in total. The van der Waals surface area contributed by atoms with Crippen molar-refractivity contribution in [3.63, 3.8) is 0 Å². The van der Waals surface area contributed by atoms with Crippen molar-refractivity contribution in [1.82, 2.24) is 10.2 Å². The maximum absolute atomic E-state index is 13.7. The van der Waals surface area contributed by atoms with Gasteiger partial charge in [0.1, 0.15) is 0 Å². The molecule has 10 heteroatoms. The molecule has 3 aromatic carbocycles. The van der Waals surface area contributed by atoms with Crippen LogP contribution in [-0.4, -0.2) is 54.6 Å². The largest absolute Gasteiger partial charge is 0.392 e. The van der Waals surface area contributed by atoms with Gasteiger partial charge >= 0.3 is 0 Å². The molecular formula is C38H49N3O6S. The third kappa shape index (κ3) is 8.29. The Morgan fingerprint density at radius 2 is 1.65 bits per heavy atom. The van der Waals surface area contributed by atoms with E-state index in [0.717, 1.165) is 36.8 Å². The molecule has 3 aliphatic rings. The molecule has 2 saturated heterocycles. The van der Waals surface area contributed by atoms with Crippen molar-refractivity contribution < 1.29 is 27.8 Å². The third-order valence-electron chi connectivity index (χ3n) is 9.80. The Labute approximate surface area is 285 Å². The van der Waals surface area contributed by atoms with Crippen molar-refractivity contribution in [1.29, 1.82) is 0 Å². The minimum atomic E-state index is -3.79. The molecule has 0 unspecified atom stereocenters. The van der Waals surface area contributed by atoms with Crippen LogP contribution >= 0.6 is 0 Å². The zero-order chi connectivity index (χ0) is 33.9. The van der Waals surface area contributed by atoms with Crippen LogP contribution in [0.5, 0.6) is 0 Å². The summed E-state index contributed by atoms with van der Waals surface area (Å²) in [5.41, 5.74) is 2.57. The van der Waals surface area contributed by atoms with Crippen LogP contribution in [0.3, 0.4) is 0 Å². The zero-order valence-corrected chi connectivity index (χ0v) is 29.0. The molecule has 6 rings (SSSR count). The van der Waals surface area contributed by atoms with Gasteiger partial charge in [0, 0.05) is 35.8 Å². The highest BCUT2D eigenvalue weighted by molar-refractivity contribution is 7.92. The number of carbonyl (C=O) groups excluding carboxylic acids is 1. The van der Waals surface area contributed by atoms with Gasteiger partial charge in [0.25, 0.3) is 10.0 Å². The number of piperidine rings is 1. The van der Waals surface area contributed by atoms with E-state index in [1.807, 2.05) is 51.1 Å². The van der Waals surface area contributed by atoms with Gasteiger partial charge in [0.2, 0.25) is 5.91 Å². The Hall–Kier alpha value is -3.28. The van der Waals surface area contributed by atoms with Crippen molar-refractivity contribution in [3.05, 3.63) is 95.6 Å². The minimum Gasteiger partial charge on any atom is -0.392 e. The Morgan fingerprint density at radius 1 is 0.896 bits per heavy atom. The molecule has 1 aliphatic carbocycles. The number of aliphatic hydroxyl groups excluding tert-OH is 1. The van der Waals surface area contributed by atoms with Gasteiger partial charge in [-0.05, 0) is 87.8 Å². The number of fused-ring (bicyclic) bond motifs is 1. The van der Waals surface area contributed by atoms with Gasteiger partial charge in [-0.25, -0.2) is 8.42 Å². The summed E-state index contributed by atoms with van der Waals surface area (Å²) in [7, 11) is -3.79. The number of aliphatic hydroxyl groups is 1. The maximum Gasteiger partial charge on any atom is 0.261 e. The number of rotatable bonds is 9. The molecule has 6 atom stereocenters. The highest BCUT2D eigenvalue weighted by Crippen LogP contribution is 2.42. The number of hydrogen-bond acceptors (Lipinski definition) is 7. The smallest absolute Gasteiger partial charge is 0.261 e. The third-order valence-corrected chi connectivity index (χ3v) is 11.2. The molecule has 0 radical (unpaired) electrons. The second kappa shape index (κ2) is 14.7. The van der Waals surface area contributed by atoms with Gasteiger partial charge in [-0.2, -0.15) is 0 Å². The summed E-state index contributed by atoms with van der Waals surface area (Å²) in [4.78, 5) is 16.3. The second-order valence-corrected chi connectivity index (χ2v) is 16.2. The van der Waals surface area contributed by atoms with Crippen LogP contribution in [0.25, 0.3) is 0 Å². The van der Waals surface area contributed by atoms with E-state index in [0.29, 0.717) is 36.2 Å². The summed E-state index contributed by atoms with van der Waals surface area (Å²) in [6.07, 6.45) is 5.83. The molecule has 0 bridgehead atoms. The number of nitrogens with one attached hydrogen (secondary N) is 2. The van der Waals surface area contributed by atoms with Crippen LogP contribution in [-0.2, 0) is 30.9 Å². The lowest BCUT2D eigenvalue weighted by atomic mass is 9.75. The topological polar surface area (TPSA) is 117 Å².